The lowest BCUT2D eigenvalue weighted by atomic mass is 10.7. The number of rotatable bonds is 2. The molecule has 0 N–H and O–H groups in total. The average molecular weight is 140 g/mol. The summed E-state index contributed by atoms with van der Waals surface area (Å²) in [5.74, 6) is 2.43. The zero-order chi connectivity index (χ0) is 7.33. The Labute approximate surface area is 57.9 Å². The molecule has 0 aromatic rings. The topological polar surface area (TPSA) is 9.23 Å². The molecular formula is C7H12OSi. The minimum atomic E-state index is -1.52. The molecule has 0 spiro atoms. The van der Waals surface area contributed by atoms with Gasteiger partial charge in [0.1, 0.15) is 0 Å². The van der Waals surface area contributed by atoms with E-state index in [0.717, 1.165) is 0 Å². The molecule has 0 aromatic carbocycles. The summed E-state index contributed by atoms with van der Waals surface area (Å²) < 4.78 is 5.20. The summed E-state index contributed by atoms with van der Waals surface area (Å²) in [4.78, 5) is 0. The van der Waals surface area contributed by atoms with E-state index in [0.29, 0.717) is 0 Å². The van der Waals surface area contributed by atoms with Crippen molar-refractivity contribution in [2.24, 2.45) is 0 Å². The van der Waals surface area contributed by atoms with Gasteiger partial charge in [-0.3, -0.25) is 0 Å². The van der Waals surface area contributed by atoms with Crippen LogP contribution in [0.3, 0.4) is 0 Å². The SMILES string of the molecule is C#C/C=C/[Si](C)(C)OC. The number of allylic oxidation sites excluding steroid dienone is 1. The van der Waals surface area contributed by atoms with Crippen molar-refractivity contribution in [3.05, 3.63) is 11.8 Å². The van der Waals surface area contributed by atoms with Crippen LogP contribution in [0.4, 0.5) is 0 Å². The van der Waals surface area contributed by atoms with Gasteiger partial charge in [-0.1, -0.05) is 11.6 Å². The van der Waals surface area contributed by atoms with Crippen LogP contribution in [0.25, 0.3) is 0 Å². The van der Waals surface area contributed by atoms with Crippen LogP contribution in [0.1, 0.15) is 0 Å². The Morgan fingerprint density at radius 1 is 1.56 bits per heavy atom. The van der Waals surface area contributed by atoms with E-state index in [1.807, 2.05) is 5.70 Å². The van der Waals surface area contributed by atoms with Gasteiger partial charge in [-0.2, -0.15) is 0 Å². The molecule has 0 bridgehead atoms. The Morgan fingerprint density at radius 3 is 2.44 bits per heavy atom. The molecule has 0 unspecified atom stereocenters. The average Bonchev–Trinajstić information content (AvgIpc) is 1.84. The lowest BCUT2D eigenvalue weighted by Gasteiger charge is -2.12. The Morgan fingerprint density at radius 2 is 2.11 bits per heavy atom. The molecule has 0 aliphatic carbocycles. The highest BCUT2D eigenvalue weighted by Crippen LogP contribution is 2.02. The van der Waals surface area contributed by atoms with Gasteiger partial charge in [0.05, 0.1) is 0 Å². The standard InChI is InChI=1S/C7H12OSi/c1-5-6-7-9(3,4)8-2/h1,6-7H,2-4H3/b7-6+. The lowest BCUT2D eigenvalue weighted by molar-refractivity contribution is 0.415. The second-order valence-corrected chi connectivity index (χ2v) is 6.26. The van der Waals surface area contributed by atoms with Gasteiger partial charge in [0.2, 0.25) is 8.32 Å². The largest absolute Gasteiger partial charge is 0.417 e. The molecule has 1 nitrogen and oxygen atoms in total. The van der Waals surface area contributed by atoms with E-state index in [1.54, 1.807) is 13.2 Å². The molecule has 50 valence electrons. The maximum absolute atomic E-state index is 5.20. The molecule has 2 heteroatoms. The van der Waals surface area contributed by atoms with Gasteiger partial charge in [0, 0.05) is 7.11 Å². The highest BCUT2D eigenvalue weighted by Gasteiger charge is 2.14. The minimum Gasteiger partial charge on any atom is -0.417 e. The van der Waals surface area contributed by atoms with Crippen molar-refractivity contribution in [1.82, 2.24) is 0 Å². The molecule has 0 saturated heterocycles. The zero-order valence-electron chi connectivity index (χ0n) is 6.14. The fourth-order valence-corrected chi connectivity index (χ4v) is 0.951. The lowest BCUT2D eigenvalue weighted by Crippen LogP contribution is -2.25. The molecule has 0 fully saturated rings. The molecule has 0 aliphatic heterocycles. The number of hydrogen-bond donors (Lipinski definition) is 0. The van der Waals surface area contributed by atoms with E-state index < -0.39 is 8.32 Å². The predicted molar refractivity (Wildman–Crippen MR) is 42.5 cm³/mol. The van der Waals surface area contributed by atoms with Crippen LogP contribution in [0, 0.1) is 12.3 Å². The molecule has 0 heterocycles. The third kappa shape index (κ3) is 4.01. The van der Waals surface area contributed by atoms with E-state index in [4.69, 9.17) is 10.8 Å². The van der Waals surface area contributed by atoms with Crippen molar-refractivity contribution < 1.29 is 4.43 Å². The summed E-state index contributed by atoms with van der Waals surface area (Å²) in [5.41, 5.74) is 1.98. The van der Waals surface area contributed by atoms with Gasteiger partial charge in [-0.25, -0.2) is 0 Å². The van der Waals surface area contributed by atoms with Gasteiger partial charge in [0.25, 0.3) is 0 Å². The van der Waals surface area contributed by atoms with Crippen molar-refractivity contribution in [2.75, 3.05) is 7.11 Å². The van der Waals surface area contributed by atoms with Crippen LogP contribution in [0.15, 0.2) is 11.8 Å². The van der Waals surface area contributed by atoms with Crippen molar-refractivity contribution in [2.45, 2.75) is 13.1 Å². The van der Waals surface area contributed by atoms with Crippen LogP contribution in [-0.4, -0.2) is 15.4 Å². The van der Waals surface area contributed by atoms with Crippen LogP contribution in [-0.2, 0) is 4.43 Å². The highest BCUT2D eigenvalue weighted by atomic mass is 28.4. The Balaban J connectivity index is 3.89. The van der Waals surface area contributed by atoms with Crippen LogP contribution < -0.4 is 0 Å². The van der Waals surface area contributed by atoms with E-state index in [-0.39, 0.29) is 0 Å². The van der Waals surface area contributed by atoms with Gasteiger partial charge in [-0.05, 0) is 19.2 Å². The predicted octanol–water partition coefficient (Wildman–Crippen LogP) is 1.57. The number of terminal acetylenes is 1. The minimum absolute atomic E-state index is 1.52. The second kappa shape index (κ2) is 3.49. The third-order valence-corrected chi connectivity index (χ3v) is 3.13. The van der Waals surface area contributed by atoms with E-state index in [1.165, 1.54) is 0 Å². The van der Waals surface area contributed by atoms with Gasteiger partial charge < -0.3 is 4.43 Å². The maximum atomic E-state index is 5.20. The van der Waals surface area contributed by atoms with Crippen LogP contribution in [0.5, 0.6) is 0 Å². The fourth-order valence-electron chi connectivity index (χ4n) is 0.317. The van der Waals surface area contributed by atoms with Crippen LogP contribution in [0.2, 0.25) is 13.1 Å². The van der Waals surface area contributed by atoms with E-state index >= 15 is 0 Å². The van der Waals surface area contributed by atoms with Gasteiger partial charge >= 0.3 is 0 Å². The molecule has 0 aromatic heterocycles. The molecule has 0 aliphatic rings. The summed E-state index contributed by atoms with van der Waals surface area (Å²) in [6.45, 7) is 4.17. The Bertz CT molecular complexity index is 141. The molecule has 9 heavy (non-hydrogen) atoms. The van der Waals surface area contributed by atoms with E-state index in [9.17, 15) is 0 Å². The molecule has 0 radical (unpaired) electrons. The first-order chi connectivity index (χ1) is 4.12. The molecule has 0 rings (SSSR count). The van der Waals surface area contributed by atoms with Gasteiger partial charge in [-0.15, -0.1) is 6.42 Å². The Kier molecular flexibility index (Phi) is 3.29. The van der Waals surface area contributed by atoms with Crippen molar-refractivity contribution in [3.63, 3.8) is 0 Å². The smallest absolute Gasteiger partial charge is 0.211 e. The second-order valence-electron chi connectivity index (χ2n) is 2.31. The maximum Gasteiger partial charge on any atom is 0.211 e. The monoisotopic (exact) mass is 140 g/mol. The summed E-state index contributed by atoms with van der Waals surface area (Å²) in [6, 6.07) is 0. The zero-order valence-corrected chi connectivity index (χ0v) is 7.14. The van der Waals surface area contributed by atoms with Crippen molar-refractivity contribution >= 4 is 8.32 Å². The van der Waals surface area contributed by atoms with E-state index in [2.05, 4.69) is 19.0 Å². The number of hydrogen-bond acceptors (Lipinski definition) is 1. The highest BCUT2D eigenvalue weighted by molar-refractivity contribution is 6.76. The fraction of sp³-hybridized carbons (Fsp3) is 0.429. The molecule has 0 saturated carbocycles. The summed E-state index contributed by atoms with van der Waals surface area (Å²) in [5, 5.41) is 0. The normalized spacial score (nSPS) is 11.8. The van der Waals surface area contributed by atoms with Gasteiger partial charge in [0.15, 0.2) is 0 Å². The van der Waals surface area contributed by atoms with Crippen molar-refractivity contribution in [3.8, 4) is 12.3 Å². The molecule has 0 amide bonds. The first kappa shape index (κ1) is 8.48. The summed E-state index contributed by atoms with van der Waals surface area (Å²) in [7, 11) is 0.194. The first-order valence-electron chi connectivity index (χ1n) is 2.81. The van der Waals surface area contributed by atoms with Crippen molar-refractivity contribution in [1.29, 1.82) is 0 Å². The quantitative estimate of drug-likeness (QED) is 0.418. The summed E-state index contributed by atoms with van der Waals surface area (Å²) >= 11 is 0. The molecule has 0 atom stereocenters. The molecular weight excluding hydrogens is 128 g/mol. The Hall–Kier alpha value is -0.523. The first-order valence-corrected chi connectivity index (χ1v) is 5.80. The van der Waals surface area contributed by atoms with Crippen LogP contribution >= 0.6 is 0 Å². The third-order valence-electron chi connectivity index (χ3n) is 1.11. The summed E-state index contributed by atoms with van der Waals surface area (Å²) in [6.07, 6.45) is 6.72.